The zero-order chi connectivity index (χ0) is 11.8. The van der Waals surface area contributed by atoms with Crippen LogP contribution in [0.4, 0.5) is 0 Å². The number of amides is 1. The Labute approximate surface area is 101 Å². The number of nitriles is 1. The molecule has 0 bridgehead atoms. The Morgan fingerprint density at radius 3 is 3.06 bits per heavy atom. The highest BCUT2D eigenvalue weighted by Crippen LogP contribution is 2.28. The minimum atomic E-state index is -0.0120. The van der Waals surface area contributed by atoms with Crippen LogP contribution in [-0.2, 0) is 4.79 Å². The molecular weight excluding hydrogens is 222 g/mol. The molecule has 1 saturated carbocycles. The number of carbonyl (C=O) groups is 1. The van der Waals surface area contributed by atoms with Crippen molar-refractivity contribution in [3.8, 4) is 6.07 Å². The van der Waals surface area contributed by atoms with E-state index in [4.69, 9.17) is 5.26 Å². The van der Waals surface area contributed by atoms with E-state index < -0.39 is 0 Å². The summed E-state index contributed by atoms with van der Waals surface area (Å²) in [6.07, 6.45) is 6.16. The Morgan fingerprint density at radius 1 is 1.56 bits per heavy atom. The fourth-order valence-electron chi connectivity index (χ4n) is 1.99. The second-order valence-corrected chi connectivity index (χ2v) is 5.03. The summed E-state index contributed by atoms with van der Waals surface area (Å²) in [5, 5.41) is 15.0. The molecule has 1 fully saturated rings. The van der Waals surface area contributed by atoms with Gasteiger partial charge in [0.1, 0.15) is 0 Å². The van der Waals surface area contributed by atoms with Gasteiger partial charge in [-0.25, -0.2) is 0 Å². The van der Waals surface area contributed by atoms with Gasteiger partial charge in [-0.15, -0.1) is 0 Å². The summed E-state index contributed by atoms with van der Waals surface area (Å²) < 4.78 is 0. The van der Waals surface area contributed by atoms with Gasteiger partial charge in [0.05, 0.1) is 19.0 Å². The quantitative estimate of drug-likeness (QED) is 0.678. The van der Waals surface area contributed by atoms with Gasteiger partial charge in [-0.05, 0) is 19.1 Å². The minimum Gasteiger partial charge on any atom is -0.354 e. The van der Waals surface area contributed by atoms with Crippen molar-refractivity contribution in [1.82, 2.24) is 10.6 Å². The molecular formula is C11H19N3OS. The molecule has 0 radical (unpaired) electrons. The van der Waals surface area contributed by atoms with Crippen LogP contribution in [0.25, 0.3) is 0 Å². The molecule has 1 aliphatic rings. The molecule has 0 heterocycles. The minimum absolute atomic E-state index is 0.0120. The van der Waals surface area contributed by atoms with Crippen LogP contribution in [0.5, 0.6) is 0 Å². The van der Waals surface area contributed by atoms with Crippen molar-refractivity contribution >= 4 is 17.7 Å². The van der Waals surface area contributed by atoms with Crippen molar-refractivity contribution in [2.75, 3.05) is 19.3 Å². The van der Waals surface area contributed by atoms with E-state index in [1.807, 2.05) is 17.8 Å². The van der Waals surface area contributed by atoms with Gasteiger partial charge in [0.25, 0.3) is 0 Å². The van der Waals surface area contributed by atoms with Crippen LogP contribution < -0.4 is 10.6 Å². The van der Waals surface area contributed by atoms with Crippen molar-refractivity contribution in [2.24, 2.45) is 0 Å². The lowest BCUT2D eigenvalue weighted by Gasteiger charge is -2.18. The lowest BCUT2D eigenvalue weighted by molar-refractivity contribution is -0.120. The molecule has 0 aliphatic heterocycles. The summed E-state index contributed by atoms with van der Waals surface area (Å²) in [4.78, 5) is 11.4. The van der Waals surface area contributed by atoms with E-state index in [1.165, 1.54) is 12.8 Å². The smallest absolute Gasteiger partial charge is 0.233 e. The molecule has 1 amide bonds. The first-order chi connectivity index (χ1) is 7.77. The van der Waals surface area contributed by atoms with Crippen molar-refractivity contribution in [2.45, 2.75) is 37.0 Å². The Bertz CT molecular complexity index is 264. The van der Waals surface area contributed by atoms with E-state index in [0.717, 1.165) is 6.42 Å². The molecule has 5 heteroatoms. The Kier molecular flexibility index (Phi) is 6.27. The Morgan fingerprint density at radius 2 is 2.38 bits per heavy atom. The number of carbonyl (C=O) groups excluding carboxylic acids is 1. The van der Waals surface area contributed by atoms with Gasteiger partial charge in [-0.3, -0.25) is 4.79 Å². The molecule has 0 aromatic rings. The second-order valence-electron chi connectivity index (χ2n) is 3.95. The average Bonchev–Trinajstić information content (AvgIpc) is 2.74. The predicted octanol–water partition coefficient (Wildman–Crippen LogP) is 0.890. The Balaban J connectivity index is 2.14. The van der Waals surface area contributed by atoms with E-state index in [0.29, 0.717) is 30.8 Å². The molecule has 2 N–H and O–H groups in total. The normalized spacial score (nSPS) is 24.0. The standard InChI is InChI=1S/C11H19N3OS/c1-16-10-5-2-4-9(10)14-8-11(15)13-7-3-6-12/h9-10,14H,2-5,7-8H2,1H3,(H,13,15). The zero-order valence-electron chi connectivity index (χ0n) is 9.66. The number of hydrogen-bond acceptors (Lipinski definition) is 4. The third kappa shape index (κ3) is 4.42. The highest BCUT2D eigenvalue weighted by atomic mass is 32.2. The topological polar surface area (TPSA) is 64.9 Å². The molecule has 2 unspecified atom stereocenters. The summed E-state index contributed by atoms with van der Waals surface area (Å²) >= 11 is 1.88. The van der Waals surface area contributed by atoms with E-state index in [9.17, 15) is 4.79 Å². The van der Waals surface area contributed by atoms with Gasteiger partial charge >= 0.3 is 0 Å². The van der Waals surface area contributed by atoms with Crippen LogP contribution in [0, 0.1) is 11.3 Å². The van der Waals surface area contributed by atoms with Crippen molar-refractivity contribution in [3.63, 3.8) is 0 Å². The number of thioether (sulfide) groups is 1. The fraction of sp³-hybridized carbons (Fsp3) is 0.818. The Hall–Kier alpha value is -0.730. The number of rotatable bonds is 6. The first kappa shape index (κ1) is 13.3. The van der Waals surface area contributed by atoms with Gasteiger partial charge in [-0.1, -0.05) is 6.42 Å². The SMILES string of the molecule is CSC1CCCC1NCC(=O)NCCC#N. The molecule has 1 rings (SSSR count). The van der Waals surface area contributed by atoms with Gasteiger partial charge in [0, 0.05) is 17.8 Å². The third-order valence-corrected chi connectivity index (χ3v) is 4.01. The molecule has 0 aromatic heterocycles. The van der Waals surface area contributed by atoms with Gasteiger partial charge in [-0.2, -0.15) is 17.0 Å². The van der Waals surface area contributed by atoms with Crippen LogP contribution in [0.1, 0.15) is 25.7 Å². The number of hydrogen-bond donors (Lipinski definition) is 2. The lowest BCUT2D eigenvalue weighted by Crippen LogP contribution is -2.41. The molecule has 0 aromatic carbocycles. The van der Waals surface area contributed by atoms with E-state index in [1.54, 1.807) is 0 Å². The summed E-state index contributed by atoms with van der Waals surface area (Å²) in [7, 11) is 0. The monoisotopic (exact) mass is 241 g/mol. The first-order valence-electron chi connectivity index (χ1n) is 5.67. The molecule has 0 saturated heterocycles. The summed E-state index contributed by atoms with van der Waals surface area (Å²) in [5.41, 5.74) is 0. The molecule has 16 heavy (non-hydrogen) atoms. The summed E-state index contributed by atoms with van der Waals surface area (Å²) in [5.74, 6) is -0.0120. The maximum Gasteiger partial charge on any atom is 0.233 e. The summed E-state index contributed by atoms with van der Waals surface area (Å²) in [6.45, 7) is 0.820. The van der Waals surface area contributed by atoms with Gasteiger partial charge < -0.3 is 10.6 Å². The van der Waals surface area contributed by atoms with Crippen LogP contribution in [0.15, 0.2) is 0 Å². The van der Waals surface area contributed by atoms with Crippen LogP contribution in [0.3, 0.4) is 0 Å². The zero-order valence-corrected chi connectivity index (χ0v) is 10.5. The van der Waals surface area contributed by atoms with Crippen molar-refractivity contribution in [1.29, 1.82) is 5.26 Å². The lowest BCUT2D eigenvalue weighted by atomic mass is 10.2. The maximum atomic E-state index is 11.4. The van der Waals surface area contributed by atoms with Crippen molar-refractivity contribution < 1.29 is 4.79 Å². The van der Waals surface area contributed by atoms with E-state index in [2.05, 4.69) is 16.9 Å². The third-order valence-electron chi connectivity index (χ3n) is 2.84. The highest BCUT2D eigenvalue weighted by Gasteiger charge is 2.26. The number of nitrogens with one attached hydrogen (secondary N) is 2. The fourth-order valence-corrected chi connectivity index (χ4v) is 2.95. The van der Waals surface area contributed by atoms with Gasteiger partial charge in [0.2, 0.25) is 5.91 Å². The van der Waals surface area contributed by atoms with Crippen LogP contribution in [0.2, 0.25) is 0 Å². The summed E-state index contributed by atoms with van der Waals surface area (Å²) in [6, 6.07) is 2.47. The van der Waals surface area contributed by atoms with E-state index in [-0.39, 0.29) is 5.91 Å². The van der Waals surface area contributed by atoms with Crippen LogP contribution in [-0.4, -0.2) is 36.5 Å². The van der Waals surface area contributed by atoms with Crippen LogP contribution >= 0.6 is 11.8 Å². The number of nitrogens with zero attached hydrogens (tertiary/aromatic N) is 1. The molecule has 1 aliphatic carbocycles. The largest absolute Gasteiger partial charge is 0.354 e. The van der Waals surface area contributed by atoms with Gasteiger partial charge in [0.15, 0.2) is 0 Å². The van der Waals surface area contributed by atoms with E-state index >= 15 is 0 Å². The average molecular weight is 241 g/mol. The molecule has 0 spiro atoms. The molecule has 90 valence electrons. The first-order valence-corrected chi connectivity index (χ1v) is 6.96. The second kappa shape index (κ2) is 7.53. The highest BCUT2D eigenvalue weighted by molar-refractivity contribution is 7.99. The molecule has 4 nitrogen and oxygen atoms in total. The predicted molar refractivity (Wildman–Crippen MR) is 66.2 cm³/mol. The van der Waals surface area contributed by atoms with Crippen molar-refractivity contribution in [3.05, 3.63) is 0 Å². The molecule has 2 atom stereocenters. The maximum absolute atomic E-state index is 11.4.